The summed E-state index contributed by atoms with van der Waals surface area (Å²) in [7, 11) is 0. The van der Waals surface area contributed by atoms with Gasteiger partial charge in [0, 0.05) is 0 Å². The van der Waals surface area contributed by atoms with Crippen LogP contribution in [-0.2, 0) is 4.79 Å². The van der Waals surface area contributed by atoms with E-state index in [4.69, 9.17) is 5.26 Å². The van der Waals surface area contributed by atoms with Crippen molar-refractivity contribution in [1.82, 2.24) is 5.32 Å². The van der Waals surface area contributed by atoms with Gasteiger partial charge in [0.2, 0.25) is 5.91 Å². The number of hydrogen-bond acceptors (Lipinski definition) is 3. The van der Waals surface area contributed by atoms with Gasteiger partial charge in [-0.2, -0.15) is 5.26 Å². The van der Waals surface area contributed by atoms with Crippen molar-refractivity contribution in [2.24, 2.45) is 5.92 Å². The van der Waals surface area contributed by atoms with E-state index in [0.717, 1.165) is 24.9 Å². The van der Waals surface area contributed by atoms with E-state index in [2.05, 4.69) is 23.6 Å². The fraction of sp³-hybridized carbons (Fsp3) is 0.467. The molecular formula is C15H19N3O. The zero-order valence-electron chi connectivity index (χ0n) is 11.4. The first-order valence-electron chi connectivity index (χ1n) is 6.65. The van der Waals surface area contributed by atoms with Crippen LogP contribution < -0.4 is 10.6 Å². The number of nitriles is 1. The Hall–Kier alpha value is -1.86. The van der Waals surface area contributed by atoms with Gasteiger partial charge in [0.1, 0.15) is 6.07 Å². The number of piperidine rings is 1. The third-order valence-corrected chi connectivity index (χ3v) is 3.62. The molecule has 19 heavy (non-hydrogen) atoms. The van der Waals surface area contributed by atoms with Crippen molar-refractivity contribution in [3.8, 4) is 6.07 Å². The zero-order chi connectivity index (χ0) is 13.8. The maximum atomic E-state index is 12.2. The second-order valence-electron chi connectivity index (χ2n) is 5.23. The largest absolute Gasteiger partial charge is 0.324 e. The van der Waals surface area contributed by atoms with Gasteiger partial charge >= 0.3 is 0 Å². The standard InChI is InChI=1S/C15H19N3O/c1-10-6-7-17-14(8-10)15(19)18-13-5-3-4-11(2)12(13)9-16/h3-5,10,14,17H,6-8H2,1-2H3,(H,18,19). The number of rotatable bonds is 2. The van der Waals surface area contributed by atoms with E-state index in [1.807, 2.05) is 19.1 Å². The molecule has 1 aliphatic heterocycles. The van der Waals surface area contributed by atoms with Gasteiger partial charge in [-0.1, -0.05) is 19.1 Å². The molecule has 0 bridgehead atoms. The number of nitrogens with one attached hydrogen (secondary N) is 2. The Kier molecular flexibility index (Phi) is 4.18. The topological polar surface area (TPSA) is 64.9 Å². The molecular weight excluding hydrogens is 238 g/mol. The number of hydrogen-bond donors (Lipinski definition) is 2. The van der Waals surface area contributed by atoms with Crippen molar-refractivity contribution in [3.63, 3.8) is 0 Å². The smallest absolute Gasteiger partial charge is 0.241 e. The number of amides is 1. The molecule has 1 fully saturated rings. The fourth-order valence-electron chi connectivity index (χ4n) is 2.45. The third-order valence-electron chi connectivity index (χ3n) is 3.62. The molecule has 0 aromatic heterocycles. The summed E-state index contributed by atoms with van der Waals surface area (Å²) in [5.41, 5.74) is 2.03. The first-order chi connectivity index (χ1) is 9.11. The van der Waals surface area contributed by atoms with Gasteiger partial charge in [0.25, 0.3) is 0 Å². The summed E-state index contributed by atoms with van der Waals surface area (Å²) in [6, 6.07) is 7.48. The van der Waals surface area contributed by atoms with E-state index in [-0.39, 0.29) is 11.9 Å². The number of aryl methyl sites for hydroxylation is 1. The predicted octanol–water partition coefficient (Wildman–Crippen LogP) is 2.19. The van der Waals surface area contributed by atoms with Gasteiger partial charge in [-0.3, -0.25) is 4.79 Å². The number of carbonyl (C=O) groups excluding carboxylic acids is 1. The van der Waals surface area contributed by atoms with Crippen LogP contribution >= 0.6 is 0 Å². The quantitative estimate of drug-likeness (QED) is 0.853. The lowest BCUT2D eigenvalue weighted by Gasteiger charge is -2.27. The molecule has 4 heteroatoms. The predicted molar refractivity (Wildman–Crippen MR) is 74.7 cm³/mol. The van der Waals surface area contributed by atoms with Crippen LogP contribution in [-0.4, -0.2) is 18.5 Å². The van der Waals surface area contributed by atoms with Gasteiger partial charge in [-0.05, 0) is 43.9 Å². The Bertz CT molecular complexity index is 519. The van der Waals surface area contributed by atoms with Crippen molar-refractivity contribution in [2.75, 3.05) is 11.9 Å². The SMILES string of the molecule is Cc1cccc(NC(=O)C2CC(C)CCN2)c1C#N. The third kappa shape index (κ3) is 3.12. The van der Waals surface area contributed by atoms with Gasteiger partial charge in [0.15, 0.2) is 0 Å². The molecule has 1 heterocycles. The lowest BCUT2D eigenvalue weighted by atomic mass is 9.94. The van der Waals surface area contributed by atoms with Crippen LogP contribution in [0.4, 0.5) is 5.69 Å². The highest BCUT2D eigenvalue weighted by molar-refractivity contribution is 5.96. The summed E-state index contributed by atoms with van der Waals surface area (Å²) in [5, 5.41) is 15.2. The van der Waals surface area contributed by atoms with Crippen molar-refractivity contribution < 1.29 is 4.79 Å². The summed E-state index contributed by atoms with van der Waals surface area (Å²) in [4.78, 5) is 12.2. The van der Waals surface area contributed by atoms with Crippen LogP contribution in [0.2, 0.25) is 0 Å². The van der Waals surface area contributed by atoms with Crippen LogP contribution in [0, 0.1) is 24.2 Å². The summed E-state index contributed by atoms with van der Waals surface area (Å²) in [6.07, 6.45) is 1.96. The van der Waals surface area contributed by atoms with Crippen molar-refractivity contribution in [1.29, 1.82) is 5.26 Å². The molecule has 1 amide bonds. The molecule has 0 spiro atoms. The molecule has 0 saturated carbocycles. The Morgan fingerprint density at radius 1 is 1.53 bits per heavy atom. The second-order valence-corrected chi connectivity index (χ2v) is 5.23. The summed E-state index contributed by atoms with van der Waals surface area (Å²) >= 11 is 0. The van der Waals surface area contributed by atoms with Gasteiger partial charge < -0.3 is 10.6 Å². The number of anilines is 1. The average Bonchev–Trinajstić information content (AvgIpc) is 2.39. The lowest BCUT2D eigenvalue weighted by molar-refractivity contribution is -0.119. The maximum Gasteiger partial charge on any atom is 0.241 e. The number of carbonyl (C=O) groups is 1. The van der Waals surface area contributed by atoms with Crippen LogP contribution in [0.5, 0.6) is 0 Å². The molecule has 1 aliphatic rings. The van der Waals surface area contributed by atoms with Crippen LogP contribution in [0.1, 0.15) is 30.9 Å². The minimum atomic E-state index is -0.157. The molecule has 1 saturated heterocycles. The second kappa shape index (κ2) is 5.85. The summed E-state index contributed by atoms with van der Waals surface area (Å²) in [5.74, 6) is 0.513. The molecule has 4 nitrogen and oxygen atoms in total. The molecule has 2 rings (SSSR count). The number of benzene rings is 1. The first-order valence-corrected chi connectivity index (χ1v) is 6.65. The van der Waals surface area contributed by atoms with E-state index >= 15 is 0 Å². The van der Waals surface area contributed by atoms with E-state index < -0.39 is 0 Å². The van der Waals surface area contributed by atoms with Crippen molar-refractivity contribution >= 4 is 11.6 Å². The molecule has 0 aliphatic carbocycles. The van der Waals surface area contributed by atoms with E-state index in [1.54, 1.807) is 6.07 Å². The molecule has 2 atom stereocenters. The minimum absolute atomic E-state index is 0.0475. The molecule has 2 N–H and O–H groups in total. The fourth-order valence-corrected chi connectivity index (χ4v) is 2.45. The zero-order valence-corrected chi connectivity index (χ0v) is 11.4. The molecule has 1 aromatic carbocycles. The van der Waals surface area contributed by atoms with Crippen LogP contribution in [0.3, 0.4) is 0 Å². The highest BCUT2D eigenvalue weighted by atomic mass is 16.2. The Morgan fingerprint density at radius 3 is 3.00 bits per heavy atom. The minimum Gasteiger partial charge on any atom is -0.324 e. The Balaban J connectivity index is 2.11. The van der Waals surface area contributed by atoms with E-state index in [9.17, 15) is 4.79 Å². The monoisotopic (exact) mass is 257 g/mol. The summed E-state index contributed by atoms with van der Waals surface area (Å²) < 4.78 is 0. The Labute approximate surface area is 113 Å². The summed E-state index contributed by atoms with van der Waals surface area (Å²) in [6.45, 7) is 4.90. The van der Waals surface area contributed by atoms with Gasteiger partial charge in [0.05, 0.1) is 17.3 Å². The van der Waals surface area contributed by atoms with Crippen molar-refractivity contribution in [2.45, 2.75) is 32.7 Å². The molecule has 0 radical (unpaired) electrons. The normalized spacial score (nSPS) is 22.6. The molecule has 100 valence electrons. The van der Waals surface area contributed by atoms with Crippen molar-refractivity contribution in [3.05, 3.63) is 29.3 Å². The highest BCUT2D eigenvalue weighted by Gasteiger charge is 2.25. The van der Waals surface area contributed by atoms with E-state index in [0.29, 0.717) is 17.2 Å². The Morgan fingerprint density at radius 2 is 2.32 bits per heavy atom. The van der Waals surface area contributed by atoms with Gasteiger partial charge in [-0.25, -0.2) is 0 Å². The lowest BCUT2D eigenvalue weighted by Crippen LogP contribution is -2.45. The van der Waals surface area contributed by atoms with E-state index in [1.165, 1.54) is 0 Å². The molecule has 2 unspecified atom stereocenters. The average molecular weight is 257 g/mol. The van der Waals surface area contributed by atoms with Crippen LogP contribution in [0.15, 0.2) is 18.2 Å². The highest BCUT2D eigenvalue weighted by Crippen LogP contribution is 2.20. The van der Waals surface area contributed by atoms with Crippen LogP contribution in [0.25, 0.3) is 0 Å². The number of nitrogens with zero attached hydrogens (tertiary/aromatic N) is 1. The maximum absolute atomic E-state index is 12.2. The van der Waals surface area contributed by atoms with Gasteiger partial charge in [-0.15, -0.1) is 0 Å². The first kappa shape index (κ1) is 13.6. The molecule has 1 aromatic rings.